The van der Waals surface area contributed by atoms with E-state index < -0.39 is 23.3 Å². The van der Waals surface area contributed by atoms with Crippen molar-refractivity contribution in [2.45, 2.75) is 19.6 Å². The first kappa shape index (κ1) is 11.1. The van der Waals surface area contributed by atoms with Crippen molar-refractivity contribution in [3.8, 4) is 0 Å². The summed E-state index contributed by atoms with van der Waals surface area (Å²) in [6.07, 6.45) is 2.07. The Kier molecular flexibility index (Phi) is 2.69. The summed E-state index contributed by atoms with van der Waals surface area (Å²) in [4.78, 5) is 21.0. The van der Waals surface area contributed by atoms with E-state index in [9.17, 15) is 9.59 Å². The third-order valence-corrected chi connectivity index (χ3v) is 1.57. The van der Waals surface area contributed by atoms with Gasteiger partial charge in [0.2, 0.25) is 5.79 Å². The second-order valence-corrected chi connectivity index (χ2v) is 3.31. The molecule has 15 heavy (non-hydrogen) atoms. The molecule has 1 aliphatic rings. The zero-order chi connectivity index (χ0) is 11.6. The minimum Gasteiger partial charge on any atom is -0.477 e. The number of aliphatic carboxylic acids is 2. The van der Waals surface area contributed by atoms with E-state index >= 15 is 0 Å². The summed E-state index contributed by atoms with van der Waals surface area (Å²) in [6, 6.07) is 0. The van der Waals surface area contributed by atoms with Crippen molar-refractivity contribution in [1.29, 1.82) is 0 Å². The minimum atomic E-state index is -1.53. The summed E-state index contributed by atoms with van der Waals surface area (Å²) >= 11 is 0. The van der Waals surface area contributed by atoms with Crippen molar-refractivity contribution in [1.82, 2.24) is 0 Å². The van der Waals surface area contributed by atoms with Gasteiger partial charge >= 0.3 is 11.9 Å². The zero-order valence-electron chi connectivity index (χ0n) is 8.18. The van der Waals surface area contributed by atoms with Gasteiger partial charge in [-0.05, 0) is 0 Å². The lowest BCUT2D eigenvalue weighted by atomic mass is 10.2. The molecule has 0 aromatic rings. The predicted octanol–water partition coefficient (Wildman–Crippen LogP) is 0.706. The average molecular weight is 214 g/mol. The van der Waals surface area contributed by atoms with Crippen molar-refractivity contribution in [3.05, 3.63) is 23.7 Å². The van der Waals surface area contributed by atoms with E-state index in [1.54, 1.807) is 13.8 Å². The Bertz CT molecular complexity index is 347. The predicted molar refractivity (Wildman–Crippen MR) is 47.7 cm³/mol. The maximum absolute atomic E-state index is 10.5. The third-order valence-electron chi connectivity index (χ3n) is 1.57. The Labute approximate surface area is 85.4 Å². The summed E-state index contributed by atoms with van der Waals surface area (Å²) < 4.78 is 10.1. The van der Waals surface area contributed by atoms with Gasteiger partial charge in [0, 0.05) is 19.9 Å². The highest BCUT2D eigenvalue weighted by Crippen LogP contribution is 2.25. The second kappa shape index (κ2) is 3.64. The summed E-state index contributed by atoms with van der Waals surface area (Å²) in [5.41, 5.74) is -0.775. The summed E-state index contributed by atoms with van der Waals surface area (Å²) in [5, 5.41) is 17.1. The van der Waals surface area contributed by atoms with E-state index in [2.05, 4.69) is 0 Å². The van der Waals surface area contributed by atoms with Gasteiger partial charge in [0.1, 0.15) is 11.8 Å². The fourth-order valence-corrected chi connectivity index (χ4v) is 0.953. The number of allylic oxidation sites excluding steroid dienone is 1. The lowest BCUT2D eigenvalue weighted by molar-refractivity contribution is -0.140. The van der Waals surface area contributed by atoms with E-state index in [1.807, 2.05) is 0 Å². The number of carboxylic acid groups (broad SMARTS) is 2. The van der Waals surface area contributed by atoms with Crippen LogP contribution in [0.4, 0.5) is 0 Å². The fraction of sp³-hybridized carbons (Fsp3) is 0.333. The maximum atomic E-state index is 10.5. The lowest BCUT2D eigenvalue weighted by Gasteiger charge is -2.17. The molecule has 0 atom stereocenters. The van der Waals surface area contributed by atoms with Crippen LogP contribution in [0.3, 0.4) is 0 Å². The first-order chi connectivity index (χ1) is 6.82. The molecule has 6 heteroatoms. The molecular weight excluding hydrogens is 204 g/mol. The molecule has 82 valence electrons. The highest BCUT2D eigenvalue weighted by Gasteiger charge is 2.28. The van der Waals surface area contributed by atoms with E-state index in [0.717, 1.165) is 6.08 Å². The summed E-state index contributed by atoms with van der Waals surface area (Å²) in [7, 11) is 0. The van der Waals surface area contributed by atoms with Crippen molar-refractivity contribution in [2.24, 2.45) is 0 Å². The van der Waals surface area contributed by atoms with Gasteiger partial charge in [0.15, 0.2) is 5.76 Å². The number of hydrogen-bond acceptors (Lipinski definition) is 4. The highest BCUT2D eigenvalue weighted by molar-refractivity contribution is 6.12. The molecule has 1 aliphatic heterocycles. The van der Waals surface area contributed by atoms with E-state index in [0.29, 0.717) is 0 Å². The van der Waals surface area contributed by atoms with E-state index in [1.165, 1.54) is 6.26 Å². The van der Waals surface area contributed by atoms with Crippen LogP contribution in [0.5, 0.6) is 0 Å². The quantitative estimate of drug-likeness (QED) is 0.408. The van der Waals surface area contributed by atoms with Crippen LogP contribution >= 0.6 is 0 Å². The van der Waals surface area contributed by atoms with Crippen LogP contribution in [0, 0.1) is 0 Å². The third kappa shape index (κ3) is 2.73. The molecule has 1 rings (SSSR count). The number of hydrogen-bond donors (Lipinski definition) is 2. The molecule has 0 unspecified atom stereocenters. The van der Waals surface area contributed by atoms with E-state index in [4.69, 9.17) is 19.7 Å². The zero-order valence-corrected chi connectivity index (χ0v) is 8.18. The van der Waals surface area contributed by atoms with Gasteiger partial charge in [-0.2, -0.15) is 0 Å². The molecule has 0 fully saturated rings. The molecule has 1 heterocycles. The number of rotatable bonds is 3. The Balaban J connectivity index is 2.87. The lowest BCUT2D eigenvalue weighted by Crippen LogP contribution is -2.20. The molecule has 0 spiro atoms. The van der Waals surface area contributed by atoms with Crippen LogP contribution in [-0.4, -0.2) is 27.9 Å². The van der Waals surface area contributed by atoms with Gasteiger partial charge in [-0.1, -0.05) is 0 Å². The van der Waals surface area contributed by atoms with Crippen molar-refractivity contribution in [2.75, 3.05) is 0 Å². The van der Waals surface area contributed by atoms with Crippen LogP contribution in [0.2, 0.25) is 0 Å². The van der Waals surface area contributed by atoms with Gasteiger partial charge in [-0.3, -0.25) is 0 Å². The van der Waals surface area contributed by atoms with Gasteiger partial charge in [-0.15, -0.1) is 0 Å². The van der Waals surface area contributed by atoms with Gasteiger partial charge in [-0.25, -0.2) is 9.59 Å². The second-order valence-electron chi connectivity index (χ2n) is 3.31. The van der Waals surface area contributed by atoms with Crippen LogP contribution in [0.25, 0.3) is 0 Å². The largest absolute Gasteiger partial charge is 0.477 e. The molecule has 0 bridgehead atoms. The smallest absolute Gasteiger partial charge is 0.343 e. The number of carboxylic acids is 2. The molecule has 0 aliphatic carbocycles. The Hall–Kier alpha value is -1.98. The topological polar surface area (TPSA) is 93.1 Å². The van der Waals surface area contributed by atoms with Crippen LogP contribution in [-0.2, 0) is 19.1 Å². The van der Waals surface area contributed by atoms with E-state index in [-0.39, 0.29) is 5.76 Å². The number of carbonyl (C=O) groups is 2. The van der Waals surface area contributed by atoms with Gasteiger partial charge in [0.05, 0.1) is 0 Å². The molecule has 0 radical (unpaired) electrons. The number of ether oxygens (including phenoxy) is 2. The van der Waals surface area contributed by atoms with Crippen molar-refractivity contribution < 1.29 is 29.3 Å². The normalized spacial score (nSPS) is 17.1. The van der Waals surface area contributed by atoms with Gasteiger partial charge in [0.25, 0.3) is 0 Å². The first-order valence-corrected chi connectivity index (χ1v) is 4.07. The molecule has 6 nitrogen and oxygen atoms in total. The van der Waals surface area contributed by atoms with Crippen LogP contribution in [0.1, 0.15) is 13.8 Å². The van der Waals surface area contributed by atoms with Gasteiger partial charge < -0.3 is 19.7 Å². The van der Waals surface area contributed by atoms with Crippen molar-refractivity contribution in [3.63, 3.8) is 0 Å². The summed E-state index contributed by atoms with van der Waals surface area (Å²) in [6.45, 7) is 3.23. The first-order valence-electron chi connectivity index (χ1n) is 4.07. The Morgan fingerprint density at radius 2 is 1.87 bits per heavy atom. The SMILES string of the molecule is CC1(C)OC=C(C=C(C(=O)O)C(=O)O)O1. The standard InChI is InChI=1S/C9H10O6/c1-9(2)14-4-5(15-9)3-6(7(10)11)8(12)13/h3-4H,1-2H3,(H,10,11)(H,12,13). The molecule has 0 aromatic heterocycles. The molecular formula is C9H10O6. The van der Waals surface area contributed by atoms with Crippen LogP contribution < -0.4 is 0 Å². The molecule has 2 N–H and O–H groups in total. The summed E-state index contributed by atoms with van der Waals surface area (Å²) in [5.74, 6) is -3.89. The Morgan fingerprint density at radius 1 is 1.33 bits per heavy atom. The molecule has 0 saturated carbocycles. The Morgan fingerprint density at radius 3 is 2.20 bits per heavy atom. The molecule has 0 saturated heterocycles. The fourth-order valence-electron chi connectivity index (χ4n) is 0.953. The maximum Gasteiger partial charge on any atom is 0.343 e. The van der Waals surface area contributed by atoms with Crippen molar-refractivity contribution >= 4 is 11.9 Å². The minimum absolute atomic E-state index is 0.0693. The molecule has 0 amide bonds. The molecule has 0 aromatic carbocycles. The van der Waals surface area contributed by atoms with Crippen LogP contribution in [0.15, 0.2) is 23.7 Å². The monoisotopic (exact) mass is 214 g/mol. The average Bonchev–Trinajstić information content (AvgIpc) is 2.40. The highest BCUT2D eigenvalue weighted by atomic mass is 16.7.